The van der Waals surface area contributed by atoms with Crippen LogP contribution in [0.5, 0.6) is 0 Å². The monoisotopic (exact) mass is 908 g/mol. The number of fused-ring (bicyclic) bond motifs is 6. The summed E-state index contributed by atoms with van der Waals surface area (Å²) in [5.74, 6) is 0. The van der Waals surface area contributed by atoms with Crippen LogP contribution in [-0.4, -0.2) is 19.1 Å². The van der Waals surface area contributed by atoms with Gasteiger partial charge < -0.3 is 9.13 Å². The summed E-state index contributed by atoms with van der Waals surface area (Å²) in [7, 11) is 0. The van der Waals surface area contributed by atoms with Gasteiger partial charge in [0.25, 0.3) is 0 Å². The lowest BCUT2D eigenvalue weighted by Gasteiger charge is -2.19. The second-order valence-electron chi connectivity index (χ2n) is 17.1. The molecule has 0 saturated heterocycles. The van der Waals surface area contributed by atoms with Gasteiger partial charge >= 0.3 is 6.18 Å². The molecule has 0 fully saturated rings. The number of nitriles is 1. The van der Waals surface area contributed by atoms with Gasteiger partial charge in [-0.1, -0.05) is 133 Å². The maximum Gasteiger partial charge on any atom is 0.415 e. The highest BCUT2D eigenvalue weighted by atomic mass is 19.4. The quantitative estimate of drug-likeness (QED) is 0.150. The smallest absolute Gasteiger partial charge is 0.308 e. The summed E-state index contributed by atoms with van der Waals surface area (Å²) in [5, 5.41) is 15.3. The average Bonchev–Trinajstić information content (AvgIpc) is 3.92. The van der Waals surface area contributed by atoms with Crippen molar-refractivity contribution in [1.82, 2.24) is 19.1 Å². The van der Waals surface area contributed by atoms with Crippen molar-refractivity contribution < 1.29 is 13.2 Å². The molecule has 0 spiro atoms. The second-order valence-corrected chi connectivity index (χ2v) is 17.1. The lowest BCUT2D eigenvalue weighted by Crippen LogP contribution is -2.06. The van der Waals surface area contributed by atoms with E-state index in [4.69, 9.17) is 16.5 Å². The molecule has 0 aliphatic carbocycles. The van der Waals surface area contributed by atoms with Crippen molar-refractivity contribution in [2.75, 3.05) is 0 Å². The Balaban J connectivity index is 1.13. The van der Waals surface area contributed by atoms with E-state index in [0.29, 0.717) is 22.5 Å². The molecule has 8 aromatic carbocycles. The van der Waals surface area contributed by atoms with Gasteiger partial charge in [-0.15, -0.1) is 0 Å². The molecule has 70 heavy (non-hydrogen) atoms. The van der Waals surface area contributed by atoms with Gasteiger partial charge in [0.05, 0.1) is 51.4 Å². The first-order valence-corrected chi connectivity index (χ1v) is 22.5. The van der Waals surface area contributed by atoms with Gasteiger partial charge in [-0.3, -0.25) is 9.97 Å². The Morgan fingerprint density at radius 3 is 1.31 bits per heavy atom. The highest BCUT2D eigenvalue weighted by molar-refractivity contribution is 6.12. The van der Waals surface area contributed by atoms with Crippen molar-refractivity contribution in [3.8, 4) is 73.3 Å². The first kappa shape index (κ1) is 41.8. The standard InChI is InChI=1S/C61H35F3N6/c1-66-47-29-44(28-46(34-47)61(62,63)64)45-32-59(69-55-18-10-8-16-48(55)50-24-20-40(30-57(50)69)42-22-26-53(67-36-42)38-12-4-2-5-13-38)52(35-65)60(33-45)70-56-19-11-9-17-49(56)51-25-21-41(31-58(51)70)43-23-27-54(68-37-43)39-14-6-3-7-15-39/h2-34,36-37H. The average molecular weight is 909 g/mol. The molecule has 0 unspecified atom stereocenters. The van der Waals surface area contributed by atoms with Gasteiger partial charge in [0.15, 0.2) is 5.69 Å². The Labute approximate surface area is 399 Å². The maximum atomic E-state index is 14.6. The number of alkyl halides is 3. The van der Waals surface area contributed by atoms with Gasteiger partial charge in [-0.05, 0) is 89.0 Å². The summed E-state index contributed by atoms with van der Waals surface area (Å²) >= 11 is 0. The minimum absolute atomic E-state index is 0.154. The van der Waals surface area contributed by atoms with Crippen molar-refractivity contribution in [3.63, 3.8) is 0 Å². The molecule has 330 valence electrons. The number of rotatable bonds is 7. The second kappa shape index (κ2) is 16.6. The minimum atomic E-state index is -4.72. The topological polar surface area (TPSA) is 63.8 Å². The van der Waals surface area contributed by atoms with Gasteiger partial charge in [0.1, 0.15) is 11.6 Å². The Bertz CT molecular complexity index is 3880. The van der Waals surface area contributed by atoms with Crippen LogP contribution in [0.4, 0.5) is 18.9 Å². The number of para-hydroxylation sites is 2. The molecular weight excluding hydrogens is 874 g/mol. The molecule has 12 rings (SSSR count). The van der Waals surface area contributed by atoms with E-state index < -0.39 is 11.7 Å². The first-order valence-electron chi connectivity index (χ1n) is 22.5. The third kappa shape index (κ3) is 7.13. The van der Waals surface area contributed by atoms with Gasteiger partial charge in [0, 0.05) is 61.8 Å². The normalized spacial score (nSPS) is 11.6. The molecule has 0 radical (unpaired) electrons. The highest BCUT2D eigenvalue weighted by Crippen LogP contribution is 2.43. The van der Waals surface area contributed by atoms with Crippen molar-refractivity contribution in [2.24, 2.45) is 0 Å². The zero-order valence-corrected chi connectivity index (χ0v) is 37.0. The Morgan fingerprint density at radius 2 is 0.871 bits per heavy atom. The zero-order valence-electron chi connectivity index (χ0n) is 37.0. The summed E-state index contributed by atoms with van der Waals surface area (Å²) in [4.78, 5) is 13.1. The molecule has 0 bridgehead atoms. The first-order chi connectivity index (χ1) is 34.2. The number of hydrogen-bond acceptors (Lipinski definition) is 3. The number of pyridine rings is 2. The largest absolute Gasteiger partial charge is 0.415 e. The molecule has 6 nitrogen and oxygen atoms in total. The third-order valence-electron chi connectivity index (χ3n) is 13.1. The summed E-state index contributed by atoms with van der Waals surface area (Å²) in [6, 6.07) is 65.8. The number of benzene rings is 8. The lowest BCUT2D eigenvalue weighted by molar-refractivity contribution is -0.137. The molecule has 4 aromatic heterocycles. The Hall–Kier alpha value is -9.57. The maximum absolute atomic E-state index is 14.6. The van der Waals surface area contributed by atoms with Crippen LogP contribution in [0, 0.1) is 17.9 Å². The van der Waals surface area contributed by atoms with Crippen LogP contribution in [0.2, 0.25) is 0 Å². The fourth-order valence-corrected chi connectivity index (χ4v) is 9.76. The Morgan fingerprint density at radius 1 is 0.429 bits per heavy atom. The fraction of sp³-hybridized carbons (Fsp3) is 0.0164. The summed E-state index contributed by atoms with van der Waals surface area (Å²) in [6.07, 6.45) is -1.02. The summed E-state index contributed by atoms with van der Waals surface area (Å²) in [6.45, 7) is 7.83. The van der Waals surface area contributed by atoms with E-state index in [9.17, 15) is 18.4 Å². The number of hydrogen-bond donors (Lipinski definition) is 0. The minimum Gasteiger partial charge on any atom is -0.308 e. The van der Waals surface area contributed by atoms with Crippen molar-refractivity contribution in [3.05, 3.63) is 235 Å². The lowest BCUT2D eigenvalue weighted by atomic mass is 9.97. The van der Waals surface area contributed by atoms with Gasteiger partial charge in [-0.25, -0.2) is 4.85 Å². The number of aromatic nitrogens is 4. The molecular formula is C61H35F3N6. The van der Waals surface area contributed by atoms with Crippen LogP contribution in [0.1, 0.15) is 11.1 Å². The number of nitrogens with zero attached hydrogens (tertiary/aromatic N) is 6. The van der Waals surface area contributed by atoms with E-state index in [0.717, 1.165) is 101 Å². The van der Waals surface area contributed by atoms with E-state index in [1.807, 2.05) is 155 Å². The fourth-order valence-electron chi connectivity index (χ4n) is 9.76. The molecule has 0 atom stereocenters. The van der Waals surface area contributed by atoms with Crippen LogP contribution in [0.15, 0.2) is 213 Å². The van der Waals surface area contributed by atoms with Crippen LogP contribution >= 0.6 is 0 Å². The molecule has 4 heterocycles. The van der Waals surface area contributed by atoms with Gasteiger partial charge in [-0.2, -0.15) is 18.4 Å². The summed E-state index contributed by atoms with van der Waals surface area (Å²) < 4.78 is 48.0. The van der Waals surface area contributed by atoms with Crippen molar-refractivity contribution in [1.29, 1.82) is 5.26 Å². The molecule has 9 heteroatoms. The van der Waals surface area contributed by atoms with Crippen molar-refractivity contribution >= 4 is 49.3 Å². The van der Waals surface area contributed by atoms with Crippen LogP contribution in [0.25, 0.3) is 116 Å². The molecule has 0 aliphatic heterocycles. The van der Waals surface area contributed by atoms with Crippen LogP contribution in [0.3, 0.4) is 0 Å². The van der Waals surface area contributed by atoms with E-state index in [2.05, 4.69) is 47.3 Å². The van der Waals surface area contributed by atoms with Crippen LogP contribution in [-0.2, 0) is 6.18 Å². The number of halogens is 3. The van der Waals surface area contributed by atoms with E-state index in [1.54, 1.807) is 12.1 Å². The van der Waals surface area contributed by atoms with Gasteiger partial charge in [0.2, 0.25) is 0 Å². The van der Waals surface area contributed by atoms with E-state index in [1.165, 1.54) is 6.07 Å². The summed E-state index contributed by atoms with van der Waals surface area (Å²) in [5.41, 5.74) is 11.1. The van der Waals surface area contributed by atoms with E-state index in [-0.39, 0.29) is 11.3 Å². The molecule has 0 amide bonds. The zero-order chi connectivity index (χ0) is 47.5. The highest BCUT2D eigenvalue weighted by Gasteiger charge is 2.32. The van der Waals surface area contributed by atoms with Crippen LogP contribution < -0.4 is 0 Å². The predicted octanol–water partition coefficient (Wildman–Crippen LogP) is 16.4. The SMILES string of the molecule is [C-]#[N+]c1cc(-c2cc(-n3c4ccccc4c4ccc(-c5ccc(-c6ccccc6)nc5)cc43)c(C#N)c(-n3c4ccccc4c4ccc(-c5ccc(-c6ccccc6)nc5)cc43)c2)cc(C(F)(F)F)c1. The van der Waals surface area contributed by atoms with E-state index >= 15 is 0 Å². The third-order valence-corrected chi connectivity index (χ3v) is 13.1. The molecule has 0 saturated carbocycles. The molecule has 12 aromatic rings. The Kier molecular flexibility index (Phi) is 9.94. The molecule has 0 N–H and O–H groups in total. The van der Waals surface area contributed by atoms with Crippen molar-refractivity contribution in [2.45, 2.75) is 6.18 Å². The molecule has 0 aliphatic rings. The predicted molar refractivity (Wildman–Crippen MR) is 274 cm³/mol.